The molecule has 0 radical (unpaired) electrons. The maximum absolute atomic E-state index is 4.40. The second-order valence-electron chi connectivity index (χ2n) is 5.26. The number of aromatic nitrogens is 2. The molecule has 1 aromatic carbocycles. The maximum atomic E-state index is 4.40. The molecule has 2 aromatic rings. The summed E-state index contributed by atoms with van der Waals surface area (Å²) in [5.74, 6) is 0. The highest BCUT2D eigenvalue weighted by Crippen LogP contribution is 2.18. The van der Waals surface area contributed by atoms with Crippen molar-refractivity contribution in [2.45, 2.75) is 31.8 Å². The fourth-order valence-corrected chi connectivity index (χ4v) is 2.32. The van der Waals surface area contributed by atoms with Gasteiger partial charge in [-0.1, -0.05) is 12.1 Å². The molecule has 0 spiro atoms. The van der Waals surface area contributed by atoms with Gasteiger partial charge in [0.25, 0.3) is 0 Å². The predicted octanol–water partition coefficient (Wildman–Crippen LogP) is 1.77. The molecule has 0 atom stereocenters. The summed E-state index contributed by atoms with van der Waals surface area (Å²) in [6, 6.07) is 9.12. The summed E-state index contributed by atoms with van der Waals surface area (Å²) < 4.78 is 2.21. The van der Waals surface area contributed by atoms with Crippen LogP contribution < -0.4 is 10.6 Å². The number of nitrogens with one attached hydrogen (secondary N) is 2. The molecule has 0 amide bonds. The highest BCUT2D eigenvalue weighted by atomic mass is 15.1. The molecule has 1 aliphatic carbocycles. The Hall–Kier alpha value is -1.39. The van der Waals surface area contributed by atoms with Gasteiger partial charge in [0.05, 0.1) is 17.4 Å². The van der Waals surface area contributed by atoms with Crippen molar-refractivity contribution in [3.8, 4) is 0 Å². The van der Waals surface area contributed by atoms with Crippen LogP contribution in [0.5, 0.6) is 0 Å². The quantitative estimate of drug-likeness (QED) is 0.709. The third-order valence-corrected chi connectivity index (χ3v) is 3.60. The molecule has 0 bridgehead atoms. The predicted molar refractivity (Wildman–Crippen MR) is 78.2 cm³/mol. The van der Waals surface area contributed by atoms with Crippen LogP contribution in [0.3, 0.4) is 0 Å². The lowest BCUT2D eigenvalue weighted by atomic mass is 10.3. The molecule has 1 fully saturated rings. The van der Waals surface area contributed by atoms with Crippen molar-refractivity contribution in [1.29, 1.82) is 0 Å². The molecule has 2 N–H and O–H groups in total. The summed E-state index contributed by atoms with van der Waals surface area (Å²) in [6.07, 6.45) is 5.89. The third-order valence-electron chi connectivity index (χ3n) is 3.60. The van der Waals surface area contributed by atoms with E-state index in [-0.39, 0.29) is 0 Å². The standard InChI is InChI=1S/C15H22N4/c1-2-5-15-14(4-1)18-12-19(15)11-10-16-8-3-9-17-13-6-7-13/h1-2,4-5,12-13,16-17H,3,6-11H2. The smallest absolute Gasteiger partial charge is 0.0958 e. The molecule has 0 aliphatic heterocycles. The van der Waals surface area contributed by atoms with Crippen molar-refractivity contribution >= 4 is 11.0 Å². The van der Waals surface area contributed by atoms with E-state index >= 15 is 0 Å². The molecule has 4 heteroatoms. The second-order valence-corrected chi connectivity index (χ2v) is 5.26. The highest BCUT2D eigenvalue weighted by Gasteiger charge is 2.19. The number of benzene rings is 1. The van der Waals surface area contributed by atoms with E-state index in [1.807, 2.05) is 12.4 Å². The number of imidazole rings is 1. The van der Waals surface area contributed by atoms with E-state index < -0.39 is 0 Å². The number of hydrogen-bond acceptors (Lipinski definition) is 3. The molecule has 4 nitrogen and oxygen atoms in total. The van der Waals surface area contributed by atoms with Crippen molar-refractivity contribution in [3.05, 3.63) is 30.6 Å². The van der Waals surface area contributed by atoms with Crippen LogP contribution in [0.1, 0.15) is 19.3 Å². The SMILES string of the molecule is c1ccc2c(c1)ncn2CCNCCCNC1CC1. The Bertz CT molecular complexity index is 516. The molecule has 102 valence electrons. The average molecular weight is 258 g/mol. The molecule has 1 aliphatic rings. The zero-order chi connectivity index (χ0) is 12.9. The minimum atomic E-state index is 0.831. The molecule has 1 saturated carbocycles. The maximum Gasteiger partial charge on any atom is 0.0958 e. The molecule has 3 rings (SSSR count). The van der Waals surface area contributed by atoms with Gasteiger partial charge in [0.2, 0.25) is 0 Å². The Morgan fingerprint density at radius 3 is 2.95 bits per heavy atom. The lowest BCUT2D eigenvalue weighted by Gasteiger charge is -2.07. The summed E-state index contributed by atoms with van der Waals surface area (Å²) in [6.45, 7) is 4.22. The van der Waals surface area contributed by atoms with Crippen LogP contribution in [-0.4, -0.2) is 35.2 Å². The number of nitrogens with zero attached hydrogens (tertiary/aromatic N) is 2. The summed E-state index contributed by atoms with van der Waals surface area (Å²) in [4.78, 5) is 4.40. The first-order chi connectivity index (χ1) is 9.43. The van der Waals surface area contributed by atoms with Gasteiger partial charge in [-0.2, -0.15) is 0 Å². The van der Waals surface area contributed by atoms with Gasteiger partial charge in [-0.05, 0) is 44.5 Å². The number of rotatable bonds is 8. The molecular weight excluding hydrogens is 236 g/mol. The summed E-state index contributed by atoms with van der Waals surface area (Å²) >= 11 is 0. The highest BCUT2D eigenvalue weighted by molar-refractivity contribution is 5.74. The number of hydrogen-bond donors (Lipinski definition) is 2. The Morgan fingerprint density at radius 2 is 2.05 bits per heavy atom. The summed E-state index contributed by atoms with van der Waals surface area (Å²) in [5, 5.41) is 7.02. The Labute approximate surface area is 114 Å². The monoisotopic (exact) mass is 258 g/mol. The topological polar surface area (TPSA) is 41.9 Å². The van der Waals surface area contributed by atoms with Crippen LogP contribution >= 0.6 is 0 Å². The summed E-state index contributed by atoms with van der Waals surface area (Å²) in [5.41, 5.74) is 2.30. The van der Waals surface area contributed by atoms with Crippen molar-refractivity contribution in [3.63, 3.8) is 0 Å². The van der Waals surface area contributed by atoms with Crippen LogP contribution in [0.25, 0.3) is 11.0 Å². The van der Waals surface area contributed by atoms with E-state index in [4.69, 9.17) is 0 Å². The average Bonchev–Trinajstić information content (AvgIpc) is 3.18. The van der Waals surface area contributed by atoms with Crippen LogP contribution in [0.2, 0.25) is 0 Å². The van der Waals surface area contributed by atoms with Crippen molar-refractivity contribution in [1.82, 2.24) is 20.2 Å². The van der Waals surface area contributed by atoms with E-state index in [0.717, 1.165) is 37.7 Å². The fraction of sp³-hybridized carbons (Fsp3) is 0.533. The van der Waals surface area contributed by atoms with Gasteiger partial charge in [-0.15, -0.1) is 0 Å². The third kappa shape index (κ3) is 3.55. The number of para-hydroxylation sites is 2. The summed E-state index contributed by atoms with van der Waals surface area (Å²) in [7, 11) is 0. The van der Waals surface area contributed by atoms with Gasteiger partial charge in [-0.25, -0.2) is 4.98 Å². The zero-order valence-corrected chi connectivity index (χ0v) is 11.3. The van der Waals surface area contributed by atoms with Crippen LogP contribution in [-0.2, 0) is 6.54 Å². The molecular formula is C15H22N4. The van der Waals surface area contributed by atoms with Gasteiger partial charge in [0.1, 0.15) is 0 Å². The lowest BCUT2D eigenvalue weighted by molar-refractivity contribution is 0.565. The Morgan fingerprint density at radius 1 is 1.16 bits per heavy atom. The van der Waals surface area contributed by atoms with Crippen LogP contribution in [0.15, 0.2) is 30.6 Å². The van der Waals surface area contributed by atoms with E-state index in [1.165, 1.54) is 24.8 Å². The minimum Gasteiger partial charge on any atom is -0.329 e. The van der Waals surface area contributed by atoms with Crippen LogP contribution in [0.4, 0.5) is 0 Å². The molecule has 0 saturated heterocycles. The molecule has 1 heterocycles. The van der Waals surface area contributed by atoms with Gasteiger partial charge in [0, 0.05) is 19.1 Å². The minimum absolute atomic E-state index is 0.831. The van der Waals surface area contributed by atoms with E-state index in [1.54, 1.807) is 0 Å². The largest absolute Gasteiger partial charge is 0.329 e. The number of fused-ring (bicyclic) bond motifs is 1. The normalized spacial score (nSPS) is 15.2. The first kappa shape index (κ1) is 12.6. The van der Waals surface area contributed by atoms with Gasteiger partial charge >= 0.3 is 0 Å². The zero-order valence-electron chi connectivity index (χ0n) is 11.3. The Balaban J connectivity index is 1.35. The van der Waals surface area contributed by atoms with Gasteiger partial charge in [-0.3, -0.25) is 0 Å². The van der Waals surface area contributed by atoms with E-state index in [2.05, 4.69) is 38.4 Å². The van der Waals surface area contributed by atoms with Crippen LogP contribution in [0, 0.1) is 0 Å². The van der Waals surface area contributed by atoms with Crippen molar-refractivity contribution < 1.29 is 0 Å². The fourth-order valence-electron chi connectivity index (χ4n) is 2.32. The van der Waals surface area contributed by atoms with Crippen molar-refractivity contribution in [2.75, 3.05) is 19.6 Å². The second kappa shape index (κ2) is 6.17. The van der Waals surface area contributed by atoms with Crippen molar-refractivity contribution in [2.24, 2.45) is 0 Å². The lowest BCUT2D eigenvalue weighted by Crippen LogP contribution is -2.25. The Kier molecular flexibility index (Phi) is 4.10. The van der Waals surface area contributed by atoms with E-state index in [9.17, 15) is 0 Å². The molecule has 0 unspecified atom stereocenters. The van der Waals surface area contributed by atoms with Gasteiger partial charge < -0.3 is 15.2 Å². The molecule has 1 aromatic heterocycles. The van der Waals surface area contributed by atoms with E-state index in [0.29, 0.717) is 0 Å². The first-order valence-electron chi connectivity index (χ1n) is 7.27. The molecule has 19 heavy (non-hydrogen) atoms. The first-order valence-corrected chi connectivity index (χ1v) is 7.27. The van der Waals surface area contributed by atoms with Gasteiger partial charge in [0.15, 0.2) is 0 Å².